The van der Waals surface area contributed by atoms with E-state index in [1.54, 1.807) is 18.2 Å². The predicted octanol–water partition coefficient (Wildman–Crippen LogP) is 8.03. The van der Waals surface area contributed by atoms with Crippen LogP contribution in [0.1, 0.15) is 53.5 Å². The number of fused-ring (bicyclic) bond motifs is 4. The van der Waals surface area contributed by atoms with Gasteiger partial charge >= 0.3 is 0 Å². The Kier molecular flexibility index (Phi) is 9.03. The molecule has 3 fully saturated rings. The van der Waals surface area contributed by atoms with Crippen LogP contribution in [0.15, 0.2) is 139 Å². The number of aryl methyl sites for hydroxylation is 2. The number of allylic oxidation sites excluding steroid dienone is 2. The summed E-state index contributed by atoms with van der Waals surface area (Å²) in [4.78, 5) is 60.6. The molecule has 2 aliphatic heterocycles. The van der Waals surface area contributed by atoms with Crippen molar-refractivity contribution in [2.45, 2.75) is 51.0 Å². The number of nitrogens with zero attached hydrogens (tertiary/aromatic N) is 2. The van der Waals surface area contributed by atoms with Gasteiger partial charge < -0.3 is 9.84 Å². The summed E-state index contributed by atoms with van der Waals surface area (Å²) < 4.78 is 6.10. The van der Waals surface area contributed by atoms with E-state index in [4.69, 9.17) is 4.74 Å². The number of hydrogen-bond donors (Lipinski definition) is 2. The molecule has 0 spiro atoms. The van der Waals surface area contributed by atoms with Gasteiger partial charge in [0.15, 0.2) is 0 Å². The maximum atomic E-state index is 15.5. The van der Waals surface area contributed by atoms with Gasteiger partial charge in [-0.3, -0.25) is 29.5 Å². The molecule has 5 aromatic carbocycles. The number of phenols is 1. The highest BCUT2D eigenvalue weighted by atomic mass is 16.5. The number of aromatic hydroxyl groups is 1. The Balaban J connectivity index is 1.19. The fraction of sp³-hybridized carbons (Fsp3) is 0.250. The lowest BCUT2D eigenvalue weighted by atomic mass is 9.49. The van der Waals surface area contributed by atoms with Gasteiger partial charge in [-0.2, -0.15) is 5.01 Å². The first-order valence-corrected chi connectivity index (χ1v) is 19.6. The number of nitrogens with one attached hydrogen (secondary N) is 1. The molecule has 4 amide bonds. The van der Waals surface area contributed by atoms with Gasteiger partial charge in [-0.1, -0.05) is 115 Å². The highest BCUT2D eigenvalue weighted by Gasteiger charge is 2.70. The number of imide groups is 2. The van der Waals surface area contributed by atoms with Crippen LogP contribution in [-0.4, -0.2) is 33.7 Å². The van der Waals surface area contributed by atoms with Crippen molar-refractivity contribution < 1.29 is 29.0 Å². The van der Waals surface area contributed by atoms with E-state index in [2.05, 4.69) is 5.43 Å². The number of anilines is 2. The van der Waals surface area contributed by atoms with Crippen molar-refractivity contribution in [1.29, 1.82) is 0 Å². The second-order valence-electron chi connectivity index (χ2n) is 15.6. The van der Waals surface area contributed by atoms with Crippen molar-refractivity contribution >= 4 is 35.0 Å². The van der Waals surface area contributed by atoms with Crippen molar-refractivity contribution in [2.24, 2.45) is 23.7 Å². The molecular weight excluding hydrogens is 715 g/mol. The summed E-state index contributed by atoms with van der Waals surface area (Å²) >= 11 is 0. The minimum atomic E-state index is -1.50. The molecule has 1 saturated carbocycles. The molecule has 2 N–H and O–H groups in total. The van der Waals surface area contributed by atoms with Gasteiger partial charge in [0.25, 0.3) is 11.8 Å². The number of benzene rings is 5. The SMILES string of the molecule is CCc1ccc(N2C(=O)C3CC=C4C(CC5C(=O)N(Nc6ccc(C)cc6)C(=O)C5(c5ccccc5)C4c4ccc(OCc5ccccc5)cc4O)C3C2=O)cc1. The van der Waals surface area contributed by atoms with Gasteiger partial charge in [-0.05, 0) is 79.1 Å². The van der Waals surface area contributed by atoms with E-state index in [-0.39, 0.29) is 37.0 Å². The van der Waals surface area contributed by atoms with E-state index in [0.717, 1.165) is 33.7 Å². The molecule has 6 atom stereocenters. The smallest absolute Gasteiger partial charge is 0.260 e. The average Bonchev–Trinajstić information content (AvgIpc) is 3.62. The minimum absolute atomic E-state index is 0.0973. The lowest BCUT2D eigenvalue weighted by Gasteiger charge is -2.50. The van der Waals surface area contributed by atoms with E-state index >= 15 is 4.79 Å². The lowest BCUT2D eigenvalue weighted by Crippen LogP contribution is -2.53. The number of hydrogen-bond acceptors (Lipinski definition) is 7. The maximum Gasteiger partial charge on any atom is 0.260 e. The minimum Gasteiger partial charge on any atom is -0.508 e. The summed E-state index contributed by atoms with van der Waals surface area (Å²) in [7, 11) is 0. The molecule has 9 nitrogen and oxygen atoms in total. The normalized spacial score (nSPS) is 25.2. The first-order chi connectivity index (χ1) is 27.7. The lowest BCUT2D eigenvalue weighted by molar-refractivity contribution is -0.138. The third-order valence-corrected chi connectivity index (χ3v) is 12.6. The van der Waals surface area contributed by atoms with Gasteiger partial charge in [0, 0.05) is 17.5 Å². The van der Waals surface area contributed by atoms with Gasteiger partial charge in [-0.15, -0.1) is 0 Å². The fourth-order valence-electron chi connectivity index (χ4n) is 9.83. The highest BCUT2D eigenvalue weighted by molar-refractivity contribution is 6.22. The number of carbonyl (C=O) groups excluding carboxylic acids is 4. The number of hydrazine groups is 1. The van der Waals surface area contributed by atoms with Crippen LogP contribution in [-0.2, 0) is 37.6 Å². The Morgan fingerprint density at radius 2 is 1.47 bits per heavy atom. The van der Waals surface area contributed by atoms with Crippen LogP contribution in [0.4, 0.5) is 11.4 Å². The molecule has 57 heavy (non-hydrogen) atoms. The molecule has 286 valence electrons. The molecule has 5 aromatic rings. The van der Waals surface area contributed by atoms with Crippen LogP contribution in [0.5, 0.6) is 11.5 Å². The summed E-state index contributed by atoms with van der Waals surface area (Å²) in [5, 5.41) is 13.2. The van der Waals surface area contributed by atoms with Crippen molar-refractivity contribution in [2.75, 3.05) is 10.3 Å². The zero-order chi connectivity index (χ0) is 39.4. The molecular formula is C48H43N3O6. The first kappa shape index (κ1) is 36.2. The number of carbonyl (C=O) groups is 4. The Morgan fingerprint density at radius 1 is 0.772 bits per heavy atom. The van der Waals surface area contributed by atoms with E-state index in [1.807, 2.05) is 129 Å². The van der Waals surface area contributed by atoms with E-state index in [9.17, 15) is 19.5 Å². The largest absolute Gasteiger partial charge is 0.508 e. The summed E-state index contributed by atoms with van der Waals surface area (Å²) in [6, 6.07) is 39.1. The van der Waals surface area contributed by atoms with E-state index in [1.165, 1.54) is 4.90 Å². The third kappa shape index (κ3) is 5.83. The van der Waals surface area contributed by atoms with Crippen LogP contribution in [0.3, 0.4) is 0 Å². The molecule has 0 radical (unpaired) electrons. The van der Waals surface area contributed by atoms with Gasteiger partial charge in [0.2, 0.25) is 11.8 Å². The standard InChI is InChI=1S/C48H43N3O6/c1-3-30-16-20-34(21-17-30)50-44(53)38-25-24-36-39(42(38)46(50)55)27-40-45(54)51(49-33-18-14-29(2)15-19-33)47(56)48(40,32-12-8-5-9-13-32)43(36)37-23-22-35(26-41(37)52)57-28-31-10-6-4-7-11-31/h4-24,26,38-40,42-43,49,52H,3,25,27-28H2,1-2H3. The quantitative estimate of drug-likeness (QED) is 0.116. The van der Waals surface area contributed by atoms with Crippen LogP contribution >= 0.6 is 0 Å². The van der Waals surface area contributed by atoms with Crippen LogP contribution in [0.25, 0.3) is 0 Å². The van der Waals surface area contributed by atoms with Crippen molar-refractivity contribution in [1.82, 2.24) is 5.01 Å². The molecule has 0 aromatic heterocycles. The monoisotopic (exact) mass is 757 g/mol. The zero-order valence-corrected chi connectivity index (χ0v) is 31.8. The fourth-order valence-corrected chi connectivity index (χ4v) is 9.83. The van der Waals surface area contributed by atoms with Gasteiger partial charge in [0.05, 0.1) is 34.5 Å². The zero-order valence-electron chi connectivity index (χ0n) is 31.8. The Hall–Kier alpha value is -6.48. The second-order valence-corrected chi connectivity index (χ2v) is 15.6. The van der Waals surface area contributed by atoms with Crippen LogP contribution in [0.2, 0.25) is 0 Å². The van der Waals surface area contributed by atoms with Gasteiger partial charge in [0.1, 0.15) is 18.1 Å². The number of amides is 4. The molecule has 2 aliphatic carbocycles. The molecule has 6 unspecified atom stereocenters. The Bertz CT molecular complexity index is 2410. The topological polar surface area (TPSA) is 116 Å². The van der Waals surface area contributed by atoms with Crippen LogP contribution < -0.4 is 15.1 Å². The molecule has 2 saturated heterocycles. The van der Waals surface area contributed by atoms with E-state index < -0.39 is 46.8 Å². The second kappa shape index (κ2) is 14.2. The molecule has 4 aliphatic rings. The van der Waals surface area contributed by atoms with Crippen molar-refractivity contribution in [3.05, 3.63) is 167 Å². The van der Waals surface area contributed by atoms with Crippen molar-refractivity contribution in [3.63, 3.8) is 0 Å². The summed E-state index contributed by atoms with van der Waals surface area (Å²) in [5.74, 6) is -4.86. The Morgan fingerprint density at radius 3 is 2.16 bits per heavy atom. The highest BCUT2D eigenvalue weighted by Crippen LogP contribution is 2.65. The molecule has 9 heteroatoms. The average molecular weight is 758 g/mol. The summed E-state index contributed by atoms with van der Waals surface area (Å²) in [5.41, 5.74) is 7.64. The molecule has 0 bridgehead atoms. The molecule has 9 rings (SSSR count). The maximum absolute atomic E-state index is 15.5. The first-order valence-electron chi connectivity index (χ1n) is 19.6. The number of rotatable bonds is 9. The van der Waals surface area contributed by atoms with Crippen LogP contribution in [0, 0.1) is 30.6 Å². The Labute approximate surface area is 331 Å². The summed E-state index contributed by atoms with van der Waals surface area (Å²) in [6.45, 7) is 4.30. The number of ether oxygens (including phenoxy) is 1. The third-order valence-electron chi connectivity index (χ3n) is 12.6. The van der Waals surface area contributed by atoms with Crippen molar-refractivity contribution in [3.8, 4) is 11.5 Å². The predicted molar refractivity (Wildman–Crippen MR) is 216 cm³/mol. The summed E-state index contributed by atoms with van der Waals surface area (Å²) in [6.07, 6.45) is 3.27. The molecule has 2 heterocycles. The number of phenolic OH excluding ortho intramolecular Hbond substituents is 1. The van der Waals surface area contributed by atoms with E-state index in [0.29, 0.717) is 28.3 Å². The van der Waals surface area contributed by atoms with Gasteiger partial charge in [-0.25, -0.2) is 0 Å².